The number of benzene rings is 4. The molecule has 0 aliphatic heterocycles. The summed E-state index contributed by atoms with van der Waals surface area (Å²) < 4.78 is 6.20. The number of rotatable bonds is 4. The second-order valence-corrected chi connectivity index (χ2v) is 8.78. The molecule has 0 saturated heterocycles. The fourth-order valence-electron chi connectivity index (χ4n) is 4.64. The van der Waals surface area contributed by atoms with Crippen LogP contribution in [0.4, 0.5) is 0 Å². The first-order chi connectivity index (χ1) is 18.3. The predicted octanol–water partition coefficient (Wildman–Crippen LogP) is 7.83. The molecular formula is C32H20N4O. The molecule has 0 saturated carbocycles. The zero-order valence-corrected chi connectivity index (χ0v) is 19.7. The van der Waals surface area contributed by atoms with Crippen LogP contribution in [0.5, 0.6) is 0 Å². The Hall–Kier alpha value is -5.16. The number of nitrogens with zero attached hydrogens (tertiary/aromatic N) is 4. The fraction of sp³-hybridized carbons (Fsp3) is 0. The van der Waals surface area contributed by atoms with Crippen LogP contribution in [0.3, 0.4) is 0 Å². The lowest BCUT2D eigenvalue weighted by Crippen LogP contribution is -2.00. The van der Waals surface area contributed by atoms with Gasteiger partial charge in [-0.2, -0.15) is 0 Å². The SMILES string of the molecule is c1ccc(-c2ccc3oc4cncc(-c5nc(-c6ccccc6)nc(-c6ccccc6)n5)c4c3c2)cc1. The van der Waals surface area contributed by atoms with Crippen molar-refractivity contribution in [2.45, 2.75) is 0 Å². The highest BCUT2D eigenvalue weighted by molar-refractivity contribution is 6.12. The van der Waals surface area contributed by atoms with E-state index < -0.39 is 0 Å². The van der Waals surface area contributed by atoms with Gasteiger partial charge in [-0.15, -0.1) is 0 Å². The van der Waals surface area contributed by atoms with Crippen molar-refractivity contribution in [3.05, 3.63) is 122 Å². The van der Waals surface area contributed by atoms with Gasteiger partial charge in [0, 0.05) is 33.7 Å². The number of furan rings is 1. The molecule has 3 aromatic heterocycles. The van der Waals surface area contributed by atoms with Crippen LogP contribution in [0.1, 0.15) is 0 Å². The number of pyridine rings is 1. The predicted molar refractivity (Wildman–Crippen MR) is 147 cm³/mol. The van der Waals surface area contributed by atoms with E-state index in [0.29, 0.717) is 23.1 Å². The van der Waals surface area contributed by atoms with Crippen molar-refractivity contribution in [2.24, 2.45) is 0 Å². The fourth-order valence-corrected chi connectivity index (χ4v) is 4.64. The number of hydrogen-bond donors (Lipinski definition) is 0. The van der Waals surface area contributed by atoms with Gasteiger partial charge in [0.25, 0.3) is 0 Å². The summed E-state index contributed by atoms with van der Waals surface area (Å²) in [6.07, 6.45) is 3.56. The van der Waals surface area contributed by atoms with E-state index in [0.717, 1.165) is 44.2 Å². The monoisotopic (exact) mass is 476 g/mol. The molecule has 174 valence electrons. The van der Waals surface area contributed by atoms with Gasteiger partial charge in [-0.25, -0.2) is 15.0 Å². The quantitative estimate of drug-likeness (QED) is 0.259. The Kier molecular flexibility index (Phi) is 5.03. The van der Waals surface area contributed by atoms with Crippen molar-refractivity contribution < 1.29 is 4.42 Å². The molecule has 5 heteroatoms. The molecule has 0 radical (unpaired) electrons. The van der Waals surface area contributed by atoms with Crippen LogP contribution in [-0.4, -0.2) is 19.9 Å². The Morgan fingerprint density at radius 1 is 0.459 bits per heavy atom. The Bertz CT molecular complexity index is 1810. The molecule has 0 atom stereocenters. The smallest absolute Gasteiger partial charge is 0.166 e. The van der Waals surface area contributed by atoms with Crippen LogP contribution in [0.25, 0.3) is 67.2 Å². The minimum Gasteiger partial charge on any atom is -0.454 e. The maximum atomic E-state index is 6.20. The summed E-state index contributed by atoms with van der Waals surface area (Å²) in [7, 11) is 0. The van der Waals surface area contributed by atoms with Gasteiger partial charge in [-0.05, 0) is 23.3 Å². The van der Waals surface area contributed by atoms with Crippen molar-refractivity contribution in [1.29, 1.82) is 0 Å². The third-order valence-electron chi connectivity index (χ3n) is 6.43. The second-order valence-electron chi connectivity index (χ2n) is 8.78. The highest BCUT2D eigenvalue weighted by Crippen LogP contribution is 2.37. The third-order valence-corrected chi connectivity index (χ3v) is 6.43. The van der Waals surface area contributed by atoms with Gasteiger partial charge in [-0.3, -0.25) is 4.98 Å². The van der Waals surface area contributed by atoms with Crippen LogP contribution >= 0.6 is 0 Å². The maximum absolute atomic E-state index is 6.20. The molecule has 0 N–H and O–H groups in total. The molecule has 0 spiro atoms. The molecule has 0 bridgehead atoms. The molecule has 0 unspecified atom stereocenters. The van der Waals surface area contributed by atoms with E-state index in [1.54, 1.807) is 6.20 Å². The van der Waals surface area contributed by atoms with E-state index in [-0.39, 0.29) is 0 Å². The van der Waals surface area contributed by atoms with E-state index in [9.17, 15) is 0 Å². The van der Waals surface area contributed by atoms with E-state index in [1.165, 1.54) is 0 Å². The van der Waals surface area contributed by atoms with Crippen LogP contribution in [0.2, 0.25) is 0 Å². The van der Waals surface area contributed by atoms with Crippen molar-refractivity contribution in [3.63, 3.8) is 0 Å². The highest BCUT2D eigenvalue weighted by Gasteiger charge is 2.18. The topological polar surface area (TPSA) is 64.7 Å². The summed E-state index contributed by atoms with van der Waals surface area (Å²) in [6.45, 7) is 0. The van der Waals surface area contributed by atoms with E-state index in [4.69, 9.17) is 19.4 Å². The van der Waals surface area contributed by atoms with Crippen LogP contribution in [0, 0.1) is 0 Å². The lowest BCUT2D eigenvalue weighted by atomic mass is 10.0. The van der Waals surface area contributed by atoms with Crippen molar-refractivity contribution in [1.82, 2.24) is 19.9 Å². The van der Waals surface area contributed by atoms with Gasteiger partial charge in [0.05, 0.1) is 6.20 Å². The van der Waals surface area contributed by atoms with Gasteiger partial charge < -0.3 is 4.42 Å². The standard InChI is InChI=1S/C32H20N4O/c1-4-10-21(11-5-1)24-16-17-27-25(18-24)29-26(19-33-20-28(29)37-27)32-35-30(22-12-6-2-7-13-22)34-31(36-32)23-14-8-3-9-15-23/h1-20H. The molecule has 0 fully saturated rings. The molecule has 37 heavy (non-hydrogen) atoms. The molecule has 4 aromatic carbocycles. The first kappa shape index (κ1) is 21.1. The molecule has 5 nitrogen and oxygen atoms in total. The van der Waals surface area contributed by atoms with Crippen LogP contribution < -0.4 is 0 Å². The van der Waals surface area contributed by atoms with Gasteiger partial charge in [0.15, 0.2) is 23.1 Å². The Morgan fingerprint density at radius 2 is 1.03 bits per heavy atom. The maximum Gasteiger partial charge on any atom is 0.166 e. The largest absolute Gasteiger partial charge is 0.454 e. The molecule has 0 aliphatic rings. The highest BCUT2D eigenvalue weighted by atomic mass is 16.3. The molecule has 7 aromatic rings. The minimum absolute atomic E-state index is 0.554. The van der Waals surface area contributed by atoms with Crippen LogP contribution in [-0.2, 0) is 0 Å². The van der Waals surface area contributed by atoms with Crippen molar-refractivity contribution in [3.8, 4) is 45.3 Å². The normalized spacial score (nSPS) is 11.2. The first-order valence-corrected chi connectivity index (χ1v) is 12.1. The average molecular weight is 477 g/mol. The summed E-state index contributed by atoms with van der Waals surface area (Å²) in [5.74, 6) is 1.78. The Labute approximate surface area is 213 Å². The lowest BCUT2D eigenvalue weighted by molar-refractivity contribution is 0.667. The summed E-state index contributed by atoms with van der Waals surface area (Å²) in [4.78, 5) is 19.1. The molecule has 0 amide bonds. The average Bonchev–Trinajstić information content (AvgIpc) is 3.36. The van der Waals surface area contributed by atoms with Crippen molar-refractivity contribution in [2.75, 3.05) is 0 Å². The zero-order chi connectivity index (χ0) is 24.6. The van der Waals surface area contributed by atoms with Gasteiger partial charge in [0.2, 0.25) is 0 Å². The summed E-state index contributed by atoms with van der Waals surface area (Å²) >= 11 is 0. The number of aromatic nitrogens is 4. The lowest BCUT2D eigenvalue weighted by Gasteiger charge is -2.09. The molecule has 3 heterocycles. The van der Waals surface area contributed by atoms with E-state index in [1.807, 2.05) is 91.1 Å². The van der Waals surface area contributed by atoms with E-state index >= 15 is 0 Å². The summed E-state index contributed by atoms with van der Waals surface area (Å²) in [5.41, 5.74) is 6.40. The molecular weight excluding hydrogens is 456 g/mol. The van der Waals surface area contributed by atoms with Crippen molar-refractivity contribution >= 4 is 21.9 Å². The van der Waals surface area contributed by atoms with Crippen LogP contribution in [0.15, 0.2) is 126 Å². The number of fused-ring (bicyclic) bond motifs is 3. The van der Waals surface area contributed by atoms with E-state index in [2.05, 4.69) is 29.2 Å². The minimum atomic E-state index is 0.554. The van der Waals surface area contributed by atoms with Gasteiger partial charge in [-0.1, -0.05) is 97.1 Å². The molecule has 7 rings (SSSR count). The zero-order valence-electron chi connectivity index (χ0n) is 19.7. The second kappa shape index (κ2) is 8.81. The first-order valence-electron chi connectivity index (χ1n) is 12.1. The Balaban J connectivity index is 1.49. The third kappa shape index (κ3) is 3.83. The summed E-state index contributed by atoms with van der Waals surface area (Å²) in [5, 5.41) is 1.93. The summed E-state index contributed by atoms with van der Waals surface area (Å²) in [6, 6.07) is 36.5. The van der Waals surface area contributed by atoms with Gasteiger partial charge >= 0.3 is 0 Å². The Morgan fingerprint density at radius 3 is 1.65 bits per heavy atom. The molecule has 0 aliphatic carbocycles. The number of hydrogen-bond acceptors (Lipinski definition) is 5. The van der Waals surface area contributed by atoms with Gasteiger partial charge in [0.1, 0.15) is 5.58 Å².